The van der Waals surface area contributed by atoms with E-state index in [1.807, 2.05) is 36.4 Å². The van der Waals surface area contributed by atoms with Crippen molar-refractivity contribution in [1.82, 2.24) is 15.0 Å². The monoisotopic (exact) mass is 397 g/mol. The van der Waals surface area contributed by atoms with E-state index in [1.165, 1.54) is 0 Å². The number of nitrogens with zero attached hydrogens (tertiary/aromatic N) is 2. The summed E-state index contributed by atoms with van der Waals surface area (Å²) in [6.45, 7) is 0. The molecule has 3 heterocycles. The number of nitrogens with one attached hydrogen (secondary N) is 2. The van der Waals surface area contributed by atoms with Crippen LogP contribution < -0.4 is 11.1 Å². The zero-order valence-corrected chi connectivity index (χ0v) is 16.0. The Morgan fingerprint density at radius 1 is 1.07 bits per heavy atom. The number of anilines is 1. The Kier molecular flexibility index (Phi) is 5.34. The molecule has 0 aliphatic heterocycles. The minimum atomic E-state index is -0.540. The van der Waals surface area contributed by atoms with E-state index >= 15 is 0 Å². The van der Waals surface area contributed by atoms with Gasteiger partial charge in [0.2, 0.25) is 11.8 Å². The maximum absolute atomic E-state index is 12.6. The summed E-state index contributed by atoms with van der Waals surface area (Å²) in [4.78, 5) is 36.1. The Morgan fingerprint density at radius 2 is 1.90 bits per heavy atom. The van der Waals surface area contributed by atoms with E-state index in [0.717, 1.165) is 5.56 Å². The maximum atomic E-state index is 12.6. The van der Waals surface area contributed by atoms with Gasteiger partial charge in [-0.15, -0.1) is 0 Å². The number of nitrogens with two attached hydrogens (primary N) is 1. The molecular formula is C23H19N5O2. The lowest BCUT2D eigenvalue weighted by molar-refractivity contribution is -0.115. The molecule has 2 amide bonds. The van der Waals surface area contributed by atoms with E-state index in [4.69, 9.17) is 5.73 Å². The number of fused-ring (bicyclic) bond motifs is 1. The second-order valence-corrected chi connectivity index (χ2v) is 6.70. The molecule has 3 aromatic heterocycles. The third-order valence-electron chi connectivity index (χ3n) is 4.62. The molecule has 0 aliphatic rings. The van der Waals surface area contributed by atoms with E-state index in [9.17, 15) is 9.59 Å². The van der Waals surface area contributed by atoms with Gasteiger partial charge in [0.1, 0.15) is 5.65 Å². The molecule has 0 saturated carbocycles. The van der Waals surface area contributed by atoms with Crippen LogP contribution in [0.3, 0.4) is 0 Å². The van der Waals surface area contributed by atoms with Crippen molar-refractivity contribution in [2.75, 3.05) is 5.32 Å². The summed E-state index contributed by atoms with van der Waals surface area (Å²) in [5.41, 5.74) is 9.41. The highest BCUT2D eigenvalue weighted by Gasteiger charge is 2.14. The predicted octanol–water partition coefficient (Wildman–Crippen LogP) is 3.17. The molecule has 1 aromatic carbocycles. The third kappa shape index (κ3) is 4.10. The topological polar surface area (TPSA) is 114 Å². The first-order valence-corrected chi connectivity index (χ1v) is 9.33. The number of aromatic amines is 1. The Hall–Kier alpha value is -4.26. The van der Waals surface area contributed by atoms with Crippen LogP contribution in [0, 0.1) is 0 Å². The van der Waals surface area contributed by atoms with Crippen LogP contribution in [0.4, 0.5) is 5.69 Å². The number of amides is 2. The summed E-state index contributed by atoms with van der Waals surface area (Å²) in [7, 11) is 0. The zero-order valence-electron chi connectivity index (χ0n) is 16.0. The highest BCUT2D eigenvalue weighted by Crippen LogP contribution is 2.29. The minimum Gasteiger partial charge on any atom is -0.366 e. The third-order valence-corrected chi connectivity index (χ3v) is 4.62. The highest BCUT2D eigenvalue weighted by atomic mass is 16.2. The number of hydrogen-bond acceptors (Lipinski definition) is 4. The van der Waals surface area contributed by atoms with Crippen LogP contribution in [0.1, 0.15) is 16.7 Å². The Labute approximate surface area is 172 Å². The van der Waals surface area contributed by atoms with E-state index in [0.29, 0.717) is 33.4 Å². The molecule has 148 valence electrons. The quantitative estimate of drug-likeness (QED) is 0.434. The lowest BCUT2D eigenvalue weighted by atomic mass is 10.0. The molecule has 7 nitrogen and oxygen atoms in total. The molecule has 0 saturated heterocycles. The first-order valence-electron chi connectivity index (χ1n) is 9.33. The second kappa shape index (κ2) is 8.40. The normalized spacial score (nSPS) is 11.4. The van der Waals surface area contributed by atoms with E-state index < -0.39 is 5.91 Å². The number of carbonyl (C=O) groups excluding carboxylic acids is 2. The average Bonchev–Trinajstić information content (AvgIpc) is 3.17. The van der Waals surface area contributed by atoms with Gasteiger partial charge < -0.3 is 16.0 Å². The molecular weight excluding hydrogens is 378 g/mol. The Balaban J connectivity index is 1.70. The fourth-order valence-corrected chi connectivity index (χ4v) is 3.25. The second-order valence-electron chi connectivity index (χ2n) is 6.70. The van der Waals surface area contributed by atoms with Gasteiger partial charge in [-0.25, -0.2) is 4.98 Å². The van der Waals surface area contributed by atoms with E-state index in [-0.39, 0.29) is 12.3 Å². The summed E-state index contributed by atoms with van der Waals surface area (Å²) in [6.07, 6.45) is 8.57. The van der Waals surface area contributed by atoms with Crippen molar-refractivity contribution in [3.63, 3.8) is 0 Å². The van der Waals surface area contributed by atoms with Gasteiger partial charge in [0.25, 0.3) is 0 Å². The summed E-state index contributed by atoms with van der Waals surface area (Å²) in [5.74, 6) is -0.716. The molecule has 30 heavy (non-hydrogen) atoms. The number of benzene rings is 1. The smallest absolute Gasteiger partial charge is 0.249 e. The van der Waals surface area contributed by atoms with Crippen molar-refractivity contribution in [1.29, 1.82) is 0 Å². The van der Waals surface area contributed by atoms with Crippen molar-refractivity contribution >= 4 is 40.2 Å². The van der Waals surface area contributed by atoms with Crippen LogP contribution in [0.15, 0.2) is 73.3 Å². The molecule has 0 fully saturated rings. The van der Waals surface area contributed by atoms with Gasteiger partial charge in [-0.1, -0.05) is 36.4 Å². The van der Waals surface area contributed by atoms with Crippen molar-refractivity contribution in [3.8, 4) is 0 Å². The van der Waals surface area contributed by atoms with Crippen LogP contribution in [-0.2, 0) is 16.0 Å². The molecule has 0 atom stereocenters. The first kappa shape index (κ1) is 19.1. The Bertz CT molecular complexity index is 1230. The molecule has 7 heteroatoms. The predicted molar refractivity (Wildman–Crippen MR) is 116 cm³/mol. The molecule has 4 aromatic rings. The van der Waals surface area contributed by atoms with Crippen LogP contribution >= 0.6 is 0 Å². The average molecular weight is 397 g/mol. The molecule has 0 bridgehead atoms. The molecule has 0 unspecified atom stereocenters. The van der Waals surface area contributed by atoms with Crippen molar-refractivity contribution < 1.29 is 9.59 Å². The van der Waals surface area contributed by atoms with Gasteiger partial charge >= 0.3 is 0 Å². The Morgan fingerprint density at radius 3 is 2.63 bits per heavy atom. The maximum Gasteiger partial charge on any atom is 0.249 e. The number of hydrogen-bond donors (Lipinski definition) is 3. The van der Waals surface area contributed by atoms with Crippen molar-refractivity contribution in [2.24, 2.45) is 5.73 Å². The first-order chi connectivity index (χ1) is 14.6. The van der Waals surface area contributed by atoms with Gasteiger partial charge in [-0.3, -0.25) is 14.6 Å². The number of H-pyrrole nitrogens is 1. The van der Waals surface area contributed by atoms with Gasteiger partial charge in [-0.05, 0) is 29.3 Å². The van der Waals surface area contributed by atoms with E-state index in [2.05, 4.69) is 20.3 Å². The van der Waals surface area contributed by atoms with Crippen LogP contribution in [0.25, 0.3) is 22.7 Å². The SMILES string of the molecule is NC(=O)C(=Cc1c[nH]c2nccc(NC(=O)Cc3cccnc3)c12)c1ccccc1. The number of aromatic nitrogens is 3. The molecule has 4 N–H and O–H groups in total. The summed E-state index contributed by atoms with van der Waals surface area (Å²) >= 11 is 0. The van der Waals surface area contributed by atoms with Gasteiger partial charge in [0, 0.05) is 41.3 Å². The molecule has 0 spiro atoms. The number of primary amides is 1. The standard InChI is InChI=1S/C23H19N5O2/c24-22(30)18(16-6-2-1-3-7-16)12-17-14-27-23-21(17)19(8-10-26-23)28-20(29)11-15-5-4-9-25-13-15/h1-10,12-14H,11H2,(H2,24,30)(H2,26,27,28,29). The fraction of sp³-hybridized carbons (Fsp3) is 0.0435. The van der Waals surface area contributed by atoms with Crippen molar-refractivity contribution in [2.45, 2.75) is 6.42 Å². The highest BCUT2D eigenvalue weighted by molar-refractivity contribution is 6.24. The molecule has 0 aliphatic carbocycles. The van der Waals surface area contributed by atoms with Gasteiger partial charge in [0.15, 0.2) is 0 Å². The van der Waals surface area contributed by atoms with Gasteiger partial charge in [-0.2, -0.15) is 0 Å². The summed E-state index contributed by atoms with van der Waals surface area (Å²) < 4.78 is 0. The fourth-order valence-electron chi connectivity index (χ4n) is 3.25. The largest absolute Gasteiger partial charge is 0.366 e. The lowest BCUT2D eigenvalue weighted by Gasteiger charge is -2.08. The summed E-state index contributed by atoms with van der Waals surface area (Å²) in [6, 6.07) is 14.5. The minimum absolute atomic E-state index is 0.176. The number of pyridine rings is 2. The van der Waals surface area contributed by atoms with Crippen LogP contribution in [0.5, 0.6) is 0 Å². The lowest BCUT2D eigenvalue weighted by Crippen LogP contribution is -2.15. The summed E-state index contributed by atoms with van der Waals surface area (Å²) in [5, 5.41) is 3.63. The molecule has 4 rings (SSSR count). The number of rotatable bonds is 6. The zero-order chi connectivity index (χ0) is 20.9. The van der Waals surface area contributed by atoms with Gasteiger partial charge in [0.05, 0.1) is 12.1 Å². The molecule has 0 radical (unpaired) electrons. The van der Waals surface area contributed by atoms with E-state index in [1.54, 1.807) is 43.0 Å². The van der Waals surface area contributed by atoms with Crippen LogP contribution in [-0.4, -0.2) is 26.8 Å². The number of carbonyl (C=O) groups is 2. The van der Waals surface area contributed by atoms with Crippen molar-refractivity contribution in [3.05, 3.63) is 90.0 Å². The van der Waals surface area contributed by atoms with Crippen LogP contribution in [0.2, 0.25) is 0 Å².